The molecule has 0 radical (unpaired) electrons. The highest BCUT2D eigenvalue weighted by atomic mass is 19.1. The first-order valence-corrected chi connectivity index (χ1v) is 17.9. The van der Waals surface area contributed by atoms with E-state index in [0.29, 0.717) is 28.2 Å². The van der Waals surface area contributed by atoms with Gasteiger partial charge in [-0.25, -0.2) is 19.3 Å². The Morgan fingerprint density at radius 2 is 1.40 bits per heavy atom. The molecule has 7 rings (SSSR count). The van der Waals surface area contributed by atoms with E-state index in [2.05, 4.69) is 20.3 Å². The summed E-state index contributed by atoms with van der Waals surface area (Å²) in [6.45, 7) is -0.319. The summed E-state index contributed by atoms with van der Waals surface area (Å²) in [5, 5.41) is 11.9. The van der Waals surface area contributed by atoms with Crippen LogP contribution in [0.4, 0.5) is 10.2 Å². The molecule has 1 saturated heterocycles. The monoisotopic (exact) mass is 775 g/mol. The number of carbonyl (C=O) groups is 3. The molecule has 15 heteroatoms. The number of imidazole rings is 1. The third kappa shape index (κ3) is 8.01. The molecule has 0 aliphatic carbocycles. The standard InChI is InChI=1S/C42H38FN5O9/c1-53-30-17-13-28(14-18-30)42(27-11-7-4-8-12-27,29-15-19-31(54-2)20-16-29)55-23-32-37(57-34(51)22-21-33(49)50)35(43)41(56-32)48-25-46-36-38(44-24-45-39(36)48)47-40(52)26-9-5-3-6-10-26/h3-20,24-25,32,35,37,41H,21-23H2,1-2H3,(H,49,50)(H,44,45,47,52). The van der Waals surface area contributed by atoms with Crippen molar-refractivity contribution in [1.82, 2.24) is 19.5 Å². The number of fused-ring (bicyclic) bond motifs is 1. The fourth-order valence-electron chi connectivity index (χ4n) is 6.79. The summed E-state index contributed by atoms with van der Waals surface area (Å²) >= 11 is 0. The van der Waals surface area contributed by atoms with Gasteiger partial charge in [0.05, 0.1) is 40.0 Å². The Morgan fingerprint density at radius 1 is 0.807 bits per heavy atom. The zero-order valence-corrected chi connectivity index (χ0v) is 30.9. The molecule has 2 aromatic heterocycles. The van der Waals surface area contributed by atoms with Gasteiger partial charge < -0.3 is 34.1 Å². The van der Waals surface area contributed by atoms with Gasteiger partial charge in [0.2, 0.25) is 0 Å². The maximum Gasteiger partial charge on any atom is 0.306 e. The van der Waals surface area contributed by atoms with Gasteiger partial charge in [0.1, 0.15) is 29.5 Å². The van der Waals surface area contributed by atoms with Gasteiger partial charge in [-0.3, -0.25) is 19.0 Å². The van der Waals surface area contributed by atoms with Gasteiger partial charge in [-0.1, -0.05) is 72.8 Å². The van der Waals surface area contributed by atoms with Gasteiger partial charge in [0.15, 0.2) is 35.5 Å². The molecule has 1 aliphatic heterocycles. The number of aromatic nitrogens is 4. The number of hydrogen-bond acceptors (Lipinski definition) is 11. The molecule has 1 aliphatic rings. The van der Waals surface area contributed by atoms with E-state index >= 15 is 4.39 Å². The number of amides is 1. The van der Waals surface area contributed by atoms with Crippen LogP contribution in [0.2, 0.25) is 0 Å². The quantitative estimate of drug-likeness (QED) is 0.0906. The topological polar surface area (TPSA) is 173 Å². The Kier molecular flexibility index (Phi) is 11.5. The number of benzene rings is 4. The Labute approximate surface area is 326 Å². The molecular formula is C42H38FN5O9. The van der Waals surface area contributed by atoms with Crippen molar-refractivity contribution >= 4 is 34.8 Å². The number of alkyl halides is 1. The van der Waals surface area contributed by atoms with Crippen molar-refractivity contribution in [3.05, 3.63) is 144 Å². The lowest BCUT2D eigenvalue weighted by Gasteiger charge is -2.37. The second-order valence-corrected chi connectivity index (χ2v) is 13.0. The van der Waals surface area contributed by atoms with Gasteiger partial charge in [-0.15, -0.1) is 0 Å². The molecule has 1 fully saturated rings. The molecule has 4 aromatic carbocycles. The van der Waals surface area contributed by atoms with Gasteiger partial charge in [-0.05, 0) is 53.1 Å². The number of nitrogens with zero attached hydrogens (tertiary/aromatic N) is 4. The molecule has 14 nitrogen and oxygen atoms in total. The normalized spacial score (nSPS) is 17.9. The Morgan fingerprint density at radius 3 is 2.00 bits per heavy atom. The van der Waals surface area contributed by atoms with Crippen LogP contribution in [0, 0.1) is 0 Å². The van der Waals surface area contributed by atoms with E-state index in [-0.39, 0.29) is 23.6 Å². The lowest BCUT2D eigenvalue weighted by molar-refractivity contribution is -0.159. The number of esters is 1. The number of rotatable bonds is 15. The number of carboxylic acid groups (broad SMARTS) is 1. The summed E-state index contributed by atoms with van der Waals surface area (Å²) in [5.74, 6) is -1.26. The first-order valence-electron chi connectivity index (χ1n) is 17.9. The van der Waals surface area contributed by atoms with E-state index in [9.17, 15) is 19.5 Å². The van der Waals surface area contributed by atoms with E-state index in [4.69, 9.17) is 23.7 Å². The number of halogens is 1. The highest BCUT2D eigenvalue weighted by molar-refractivity contribution is 6.06. The number of carboxylic acids is 1. The van der Waals surface area contributed by atoms with Crippen molar-refractivity contribution in [2.45, 2.75) is 43.1 Å². The molecule has 0 spiro atoms. The fraction of sp³-hybridized carbons (Fsp3) is 0.238. The highest BCUT2D eigenvalue weighted by Crippen LogP contribution is 2.44. The highest BCUT2D eigenvalue weighted by Gasteiger charge is 2.51. The van der Waals surface area contributed by atoms with Crippen LogP contribution in [0.3, 0.4) is 0 Å². The van der Waals surface area contributed by atoms with Crippen molar-refractivity contribution in [2.24, 2.45) is 0 Å². The lowest BCUT2D eigenvalue weighted by atomic mass is 9.80. The summed E-state index contributed by atoms with van der Waals surface area (Å²) < 4.78 is 48.1. The van der Waals surface area contributed by atoms with Crippen LogP contribution in [0.15, 0.2) is 122 Å². The summed E-state index contributed by atoms with van der Waals surface area (Å²) in [6, 6.07) is 32.6. The average Bonchev–Trinajstić information content (AvgIpc) is 3.82. The molecule has 0 saturated carbocycles. The van der Waals surface area contributed by atoms with Crippen molar-refractivity contribution in [2.75, 3.05) is 26.1 Å². The first kappa shape index (κ1) is 38.6. The molecule has 2 N–H and O–H groups in total. The second kappa shape index (κ2) is 17.0. The smallest absolute Gasteiger partial charge is 0.306 e. The van der Waals surface area contributed by atoms with Crippen molar-refractivity contribution < 1.29 is 47.6 Å². The van der Waals surface area contributed by atoms with Crippen molar-refractivity contribution in [1.29, 1.82) is 0 Å². The van der Waals surface area contributed by atoms with Gasteiger partial charge in [0.25, 0.3) is 5.91 Å². The molecular weight excluding hydrogens is 737 g/mol. The Balaban J connectivity index is 1.26. The largest absolute Gasteiger partial charge is 0.497 e. The number of anilines is 1. The molecule has 292 valence electrons. The molecule has 57 heavy (non-hydrogen) atoms. The molecule has 4 unspecified atom stereocenters. The van der Waals surface area contributed by atoms with E-state index < -0.39 is 60.9 Å². The lowest BCUT2D eigenvalue weighted by Crippen LogP contribution is -2.41. The van der Waals surface area contributed by atoms with E-state index in [1.54, 1.807) is 68.8 Å². The predicted octanol–water partition coefficient (Wildman–Crippen LogP) is 6.12. The predicted molar refractivity (Wildman–Crippen MR) is 204 cm³/mol. The van der Waals surface area contributed by atoms with E-state index in [0.717, 1.165) is 5.56 Å². The first-order chi connectivity index (χ1) is 27.7. The minimum atomic E-state index is -2.00. The number of ether oxygens (including phenoxy) is 5. The van der Waals surface area contributed by atoms with E-state index in [1.807, 2.05) is 54.6 Å². The molecule has 3 heterocycles. The minimum Gasteiger partial charge on any atom is -0.497 e. The Bertz CT molecular complexity index is 2280. The van der Waals surface area contributed by atoms with Crippen LogP contribution in [0.1, 0.15) is 46.1 Å². The second-order valence-electron chi connectivity index (χ2n) is 13.0. The average molecular weight is 776 g/mol. The molecule has 1 amide bonds. The minimum absolute atomic E-state index is 0.0872. The number of nitrogens with one attached hydrogen (secondary N) is 1. The summed E-state index contributed by atoms with van der Waals surface area (Å²) in [6.07, 6.45) is -4.73. The van der Waals surface area contributed by atoms with Crippen LogP contribution < -0.4 is 14.8 Å². The molecule has 4 atom stereocenters. The maximum atomic E-state index is 16.9. The van der Waals surface area contributed by atoms with E-state index in [1.165, 1.54) is 17.2 Å². The third-order valence-corrected chi connectivity index (χ3v) is 9.62. The summed E-state index contributed by atoms with van der Waals surface area (Å²) in [4.78, 5) is 50.2. The third-order valence-electron chi connectivity index (χ3n) is 9.62. The number of methoxy groups -OCH3 is 2. The van der Waals surface area contributed by atoms with Crippen LogP contribution >= 0.6 is 0 Å². The summed E-state index contributed by atoms with van der Waals surface area (Å²) in [7, 11) is 3.13. The van der Waals surface area contributed by atoms with Crippen LogP contribution in [-0.4, -0.2) is 81.7 Å². The maximum absolute atomic E-state index is 16.9. The van der Waals surface area contributed by atoms with Gasteiger partial charge in [0, 0.05) is 5.56 Å². The van der Waals surface area contributed by atoms with Crippen LogP contribution in [0.25, 0.3) is 11.2 Å². The number of aliphatic carboxylic acids is 1. The number of hydrogen-bond donors (Lipinski definition) is 2. The van der Waals surface area contributed by atoms with Crippen molar-refractivity contribution in [3.63, 3.8) is 0 Å². The summed E-state index contributed by atoms with van der Waals surface area (Å²) in [5.41, 5.74) is 1.47. The van der Waals surface area contributed by atoms with Crippen molar-refractivity contribution in [3.8, 4) is 11.5 Å². The SMILES string of the molecule is COc1ccc(C(OCC2OC(n3cnc4c(NC(=O)c5ccccc5)ncnc43)C(F)C2OC(=O)CCC(=O)O)(c2ccccc2)c2ccc(OC)cc2)cc1. The molecule has 6 aromatic rings. The molecule has 0 bridgehead atoms. The van der Waals surface area contributed by atoms with Gasteiger partial charge in [-0.2, -0.15) is 0 Å². The zero-order chi connectivity index (χ0) is 39.9. The number of carbonyl (C=O) groups excluding carboxylic acids is 2. The fourth-order valence-corrected chi connectivity index (χ4v) is 6.79. The zero-order valence-electron chi connectivity index (χ0n) is 30.9. The van der Waals surface area contributed by atoms with Crippen LogP contribution in [-0.2, 0) is 29.4 Å². The van der Waals surface area contributed by atoms with Gasteiger partial charge >= 0.3 is 11.9 Å². The van der Waals surface area contributed by atoms with Crippen LogP contribution in [0.5, 0.6) is 11.5 Å². The Hall–Kier alpha value is -6.71.